The van der Waals surface area contributed by atoms with E-state index >= 15 is 0 Å². The van der Waals surface area contributed by atoms with Crippen molar-refractivity contribution in [3.05, 3.63) is 62.7 Å². The highest BCUT2D eigenvalue weighted by Gasteiger charge is 2.25. The Kier molecular flexibility index (Phi) is 5.54. The molecule has 7 heteroatoms. The molecule has 0 saturated carbocycles. The van der Waals surface area contributed by atoms with Gasteiger partial charge in [0.2, 0.25) is 5.91 Å². The molecular formula is C21H24N4O2S. The summed E-state index contributed by atoms with van der Waals surface area (Å²) in [5.74, 6) is -0.465. The maximum atomic E-state index is 12.8. The van der Waals surface area contributed by atoms with Crippen LogP contribution in [-0.4, -0.2) is 40.1 Å². The molecule has 0 radical (unpaired) electrons. The largest absolute Gasteiger partial charge is 0.353 e. The van der Waals surface area contributed by atoms with Gasteiger partial charge >= 0.3 is 0 Å². The Balaban J connectivity index is 1.38. The molecule has 6 nitrogen and oxygen atoms in total. The van der Waals surface area contributed by atoms with Crippen molar-refractivity contribution in [1.29, 1.82) is 0 Å². The maximum Gasteiger partial charge on any atom is 0.272 e. The van der Waals surface area contributed by atoms with Crippen LogP contribution in [0.3, 0.4) is 0 Å². The van der Waals surface area contributed by atoms with Crippen molar-refractivity contribution >= 4 is 28.0 Å². The molecule has 1 saturated heterocycles. The van der Waals surface area contributed by atoms with Crippen LogP contribution in [0.4, 0.5) is 0 Å². The number of carbonyl (C=O) groups is 1. The minimum atomic E-state index is -0.425. The first kappa shape index (κ1) is 18.8. The summed E-state index contributed by atoms with van der Waals surface area (Å²) in [6.07, 6.45) is 1.90. The van der Waals surface area contributed by atoms with Crippen LogP contribution >= 0.6 is 11.3 Å². The van der Waals surface area contributed by atoms with Crippen LogP contribution in [-0.2, 0) is 11.3 Å². The van der Waals surface area contributed by atoms with Gasteiger partial charge in [0.1, 0.15) is 0 Å². The molecule has 146 valence electrons. The molecule has 1 amide bonds. The lowest BCUT2D eigenvalue weighted by atomic mass is 9.99. The topological polar surface area (TPSA) is 78.1 Å². The molecule has 4 rings (SSSR count). The summed E-state index contributed by atoms with van der Waals surface area (Å²) in [5, 5.41) is 13.3. The average Bonchev–Trinajstić information content (AvgIpc) is 3.22. The number of amides is 1. The average molecular weight is 397 g/mol. The van der Waals surface area contributed by atoms with Gasteiger partial charge in [0, 0.05) is 35.9 Å². The summed E-state index contributed by atoms with van der Waals surface area (Å²) >= 11 is 1.79. The highest BCUT2D eigenvalue weighted by molar-refractivity contribution is 7.09. The van der Waals surface area contributed by atoms with Crippen LogP contribution in [0.1, 0.15) is 36.3 Å². The van der Waals surface area contributed by atoms with Crippen molar-refractivity contribution in [1.82, 2.24) is 20.4 Å². The van der Waals surface area contributed by atoms with Gasteiger partial charge in [-0.1, -0.05) is 24.3 Å². The van der Waals surface area contributed by atoms with E-state index < -0.39 is 5.92 Å². The molecule has 1 aliphatic rings. The number of aromatic nitrogens is 2. The van der Waals surface area contributed by atoms with E-state index in [1.807, 2.05) is 25.1 Å². The number of nitrogens with one attached hydrogen (secondary N) is 2. The molecule has 2 aromatic heterocycles. The predicted molar refractivity (Wildman–Crippen MR) is 112 cm³/mol. The van der Waals surface area contributed by atoms with Crippen molar-refractivity contribution in [3.8, 4) is 0 Å². The molecule has 0 bridgehead atoms. The third-order valence-electron chi connectivity index (χ3n) is 5.42. The van der Waals surface area contributed by atoms with Crippen LogP contribution in [0, 0.1) is 0 Å². The Morgan fingerprint density at radius 2 is 2.00 bits per heavy atom. The Morgan fingerprint density at radius 3 is 2.71 bits per heavy atom. The number of aromatic amines is 1. The summed E-state index contributed by atoms with van der Waals surface area (Å²) in [6, 6.07) is 11.7. The Hall–Kier alpha value is -2.51. The zero-order chi connectivity index (χ0) is 19.5. The van der Waals surface area contributed by atoms with Gasteiger partial charge in [0.05, 0.1) is 17.0 Å². The molecular weight excluding hydrogens is 372 g/mol. The third kappa shape index (κ3) is 4.00. The zero-order valence-electron chi connectivity index (χ0n) is 15.9. The number of benzene rings is 1. The fraction of sp³-hybridized carbons (Fsp3) is 0.381. The van der Waals surface area contributed by atoms with E-state index in [9.17, 15) is 9.59 Å². The number of likely N-dealkylation sites (tertiary alicyclic amines) is 1. The van der Waals surface area contributed by atoms with Crippen LogP contribution < -0.4 is 10.9 Å². The fourth-order valence-electron chi connectivity index (χ4n) is 3.77. The Morgan fingerprint density at radius 1 is 1.25 bits per heavy atom. The highest BCUT2D eigenvalue weighted by Crippen LogP contribution is 2.22. The lowest BCUT2D eigenvalue weighted by Gasteiger charge is -2.32. The minimum Gasteiger partial charge on any atom is -0.353 e. The van der Waals surface area contributed by atoms with Crippen molar-refractivity contribution in [2.45, 2.75) is 38.3 Å². The van der Waals surface area contributed by atoms with E-state index in [4.69, 9.17) is 0 Å². The number of hydrogen-bond donors (Lipinski definition) is 2. The number of nitrogens with zero attached hydrogens (tertiary/aromatic N) is 2. The lowest BCUT2D eigenvalue weighted by molar-refractivity contribution is -0.123. The van der Waals surface area contributed by atoms with Crippen molar-refractivity contribution in [2.75, 3.05) is 13.1 Å². The molecule has 28 heavy (non-hydrogen) atoms. The zero-order valence-corrected chi connectivity index (χ0v) is 16.7. The maximum absolute atomic E-state index is 12.8. The number of hydrogen-bond acceptors (Lipinski definition) is 5. The summed E-state index contributed by atoms with van der Waals surface area (Å²) in [6.45, 7) is 4.80. The number of carbonyl (C=O) groups excluding carboxylic acids is 1. The Bertz CT molecular complexity index is 1010. The van der Waals surface area contributed by atoms with E-state index in [2.05, 4.69) is 37.9 Å². The molecule has 1 atom stereocenters. The van der Waals surface area contributed by atoms with Gasteiger partial charge in [-0.2, -0.15) is 5.10 Å². The van der Waals surface area contributed by atoms with Crippen LogP contribution in [0.5, 0.6) is 0 Å². The lowest BCUT2D eigenvalue weighted by Crippen LogP contribution is -2.45. The molecule has 0 unspecified atom stereocenters. The summed E-state index contributed by atoms with van der Waals surface area (Å²) in [7, 11) is 0. The van der Waals surface area contributed by atoms with Crippen LogP contribution in [0.15, 0.2) is 46.6 Å². The van der Waals surface area contributed by atoms with E-state index in [0.29, 0.717) is 11.1 Å². The van der Waals surface area contributed by atoms with Crippen molar-refractivity contribution in [2.24, 2.45) is 0 Å². The van der Waals surface area contributed by atoms with Gasteiger partial charge in [0.25, 0.3) is 5.56 Å². The second-order valence-electron chi connectivity index (χ2n) is 7.34. The van der Waals surface area contributed by atoms with Gasteiger partial charge in [-0.25, -0.2) is 5.10 Å². The normalized spacial score (nSPS) is 16.9. The summed E-state index contributed by atoms with van der Waals surface area (Å²) in [4.78, 5) is 28.6. The minimum absolute atomic E-state index is 0.0404. The number of piperidine rings is 1. The van der Waals surface area contributed by atoms with Crippen LogP contribution in [0.2, 0.25) is 0 Å². The Labute approximate surface area is 167 Å². The quantitative estimate of drug-likeness (QED) is 0.695. The number of thiophene rings is 1. The smallest absolute Gasteiger partial charge is 0.272 e. The SMILES string of the molecule is C[C@@H](C(=O)NC1CCN(Cc2cccs2)CC1)c1n[nH]c(=O)c2ccccc12. The van der Waals surface area contributed by atoms with E-state index in [-0.39, 0.29) is 17.5 Å². The van der Waals surface area contributed by atoms with Crippen molar-refractivity contribution in [3.63, 3.8) is 0 Å². The fourth-order valence-corrected chi connectivity index (χ4v) is 4.52. The molecule has 3 heterocycles. The molecule has 0 spiro atoms. The number of H-pyrrole nitrogens is 1. The predicted octanol–water partition coefficient (Wildman–Crippen LogP) is 2.87. The molecule has 1 aliphatic heterocycles. The van der Waals surface area contributed by atoms with E-state index in [0.717, 1.165) is 37.9 Å². The summed E-state index contributed by atoms with van der Waals surface area (Å²) < 4.78 is 0. The van der Waals surface area contributed by atoms with Gasteiger partial charge in [-0.05, 0) is 37.3 Å². The summed E-state index contributed by atoms with van der Waals surface area (Å²) in [5.41, 5.74) is 0.382. The van der Waals surface area contributed by atoms with Crippen LogP contribution in [0.25, 0.3) is 10.8 Å². The molecule has 0 aliphatic carbocycles. The second kappa shape index (κ2) is 8.24. The first-order valence-electron chi connectivity index (χ1n) is 9.64. The van der Waals surface area contributed by atoms with E-state index in [1.165, 1.54) is 4.88 Å². The van der Waals surface area contributed by atoms with Gasteiger partial charge in [-0.3, -0.25) is 14.5 Å². The highest BCUT2D eigenvalue weighted by atomic mass is 32.1. The molecule has 3 aromatic rings. The number of rotatable bonds is 5. The van der Waals surface area contributed by atoms with E-state index in [1.54, 1.807) is 17.4 Å². The standard InChI is InChI=1S/C21H24N4O2S/c1-14(19-17-6-2-3-7-18(17)21(27)24-23-19)20(26)22-15-8-10-25(11-9-15)13-16-5-4-12-28-16/h2-7,12,14-15H,8-11,13H2,1H3,(H,22,26)(H,24,27)/t14-/m1/s1. The monoisotopic (exact) mass is 396 g/mol. The van der Waals surface area contributed by atoms with Gasteiger partial charge < -0.3 is 5.32 Å². The number of fused-ring (bicyclic) bond motifs is 1. The molecule has 1 aromatic carbocycles. The van der Waals surface area contributed by atoms with Gasteiger partial charge in [0.15, 0.2) is 0 Å². The molecule has 1 fully saturated rings. The second-order valence-corrected chi connectivity index (χ2v) is 8.38. The first-order valence-corrected chi connectivity index (χ1v) is 10.5. The third-order valence-corrected chi connectivity index (χ3v) is 6.28. The first-order chi connectivity index (χ1) is 13.6. The molecule has 2 N–H and O–H groups in total. The van der Waals surface area contributed by atoms with Gasteiger partial charge in [-0.15, -0.1) is 11.3 Å². The van der Waals surface area contributed by atoms with Crippen molar-refractivity contribution < 1.29 is 4.79 Å².